The zero-order chi connectivity index (χ0) is 16.2. The highest BCUT2D eigenvalue weighted by molar-refractivity contribution is 5.75. The maximum absolute atomic E-state index is 13.0. The molecule has 0 saturated heterocycles. The second kappa shape index (κ2) is 6.92. The molecule has 0 aliphatic heterocycles. The summed E-state index contributed by atoms with van der Waals surface area (Å²) < 4.78 is 15.1. The van der Waals surface area contributed by atoms with E-state index in [1.54, 1.807) is 12.1 Å². The molecule has 0 fully saturated rings. The van der Waals surface area contributed by atoms with Crippen LogP contribution in [0.25, 0.3) is 11.0 Å². The van der Waals surface area contributed by atoms with E-state index in [0.29, 0.717) is 12.1 Å². The first-order valence-corrected chi connectivity index (χ1v) is 8.06. The van der Waals surface area contributed by atoms with Crippen LogP contribution in [0.4, 0.5) is 4.39 Å². The topological polar surface area (TPSA) is 38.0 Å². The van der Waals surface area contributed by atoms with E-state index < -0.39 is 6.10 Å². The van der Waals surface area contributed by atoms with Gasteiger partial charge in [-0.05, 0) is 36.2 Å². The van der Waals surface area contributed by atoms with Crippen LogP contribution in [0.1, 0.15) is 37.3 Å². The van der Waals surface area contributed by atoms with Crippen molar-refractivity contribution in [2.75, 3.05) is 0 Å². The number of hydrogen-bond acceptors (Lipinski definition) is 2. The van der Waals surface area contributed by atoms with E-state index in [4.69, 9.17) is 4.98 Å². The lowest BCUT2D eigenvalue weighted by atomic mass is 10.1. The molecule has 0 aliphatic rings. The molecule has 0 amide bonds. The van der Waals surface area contributed by atoms with E-state index in [1.165, 1.54) is 12.1 Å². The molecule has 120 valence electrons. The lowest BCUT2D eigenvalue weighted by molar-refractivity contribution is 0.156. The molecular weight excluding hydrogens is 291 g/mol. The van der Waals surface area contributed by atoms with Gasteiger partial charge >= 0.3 is 0 Å². The number of unbranched alkanes of at least 4 members (excludes halogenated alkanes) is 1. The fourth-order valence-corrected chi connectivity index (χ4v) is 2.82. The summed E-state index contributed by atoms with van der Waals surface area (Å²) in [6.07, 6.45) is 2.37. The van der Waals surface area contributed by atoms with Gasteiger partial charge < -0.3 is 9.67 Å². The van der Waals surface area contributed by atoms with Crippen LogP contribution in [0.5, 0.6) is 0 Å². The predicted molar refractivity (Wildman–Crippen MR) is 89.7 cm³/mol. The Morgan fingerprint density at radius 1 is 1.13 bits per heavy atom. The summed E-state index contributed by atoms with van der Waals surface area (Å²) in [6.45, 7) is 2.57. The third-order valence-electron chi connectivity index (χ3n) is 4.10. The molecule has 3 aromatic rings. The molecule has 1 aromatic heterocycles. The maximum Gasteiger partial charge on any atom is 0.123 e. The summed E-state index contributed by atoms with van der Waals surface area (Å²) >= 11 is 0. The fourth-order valence-electron chi connectivity index (χ4n) is 2.82. The van der Waals surface area contributed by atoms with Gasteiger partial charge in [-0.15, -0.1) is 0 Å². The summed E-state index contributed by atoms with van der Waals surface area (Å²) in [5.74, 6) is 0.701. The molecule has 3 nitrogen and oxygen atoms in total. The van der Waals surface area contributed by atoms with Crippen molar-refractivity contribution in [3.63, 3.8) is 0 Å². The molecule has 0 aliphatic carbocycles. The first-order valence-electron chi connectivity index (χ1n) is 8.06. The quantitative estimate of drug-likeness (QED) is 0.739. The molecule has 1 atom stereocenters. The minimum Gasteiger partial charge on any atom is -0.387 e. The van der Waals surface area contributed by atoms with Gasteiger partial charge in [0.05, 0.1) is 23.7 Å². The second-order valence-corrected chi connectivity index (χ2v) is 5.80. The predicted octanol–water partition coefficient (Wildman–Crippen LogP) is 4.25. The van der Waals surface area contributed by atoms with Gasteiger partial charge in [0.25, 0.3) is 0 Å². The SMILES string of the molecule is CCCCc1nc2ccccc2n1C[C@H](O)c1ccc(F)cc1. The van der Waals surface area contributed by atoms with Crippen molar-refractivity contribution in [2.45, 2.75) is 38.8 Å². The Morgan fingerprint density at radius 3 is 2.61 bits per heavy atom. The zero-order valence-corrected chi connectivity index (χ0v) is 13.2. The van der Waals surface area contributed by atoms with Gasteiger partial charge in [0.2, 0.25) is 0 Å². The van der Waals surface area contributed by atoms with Crippen LogP contribution < -0.4 is 0 Å². The van der Waals surface area contributed by atoms with Gasteiger partial charge in [0, 0.05) is 6.42 Å². The number of aryl methyl sites for hydroxylation is 1. The Balaban J connectivity index is 1.92. The highest BCUT2D eigenvalue weighted by Gasteiger charge is 2.15. The van der Waals surface area contributed by atoms with Crippen molar-refractivity contribution in [3.05, 3.63) is 65.7 Å². The van der Waals surface area contributed by atoms with Crippen LogP contribution >= 0.6 is 0 Å². The molecule has 3 rings (SSSR count). The summed E-state index contributed by atoms with van der Waals surface area (Å²) in [5, 5.41) is 10.5. The van der Waals surface area contributed by atoms with Gasteiger partial charge in [-0.3, -0.25) is 0 Å². The lowest BCUT2D eigenvalue weighted by Gasteiger charge is -2.15. The van der Waals surface area contributed by atoms with E-state index in [9.17, 15) is 9.50 Å². The number of para-hydroxylation sites is 2. The van der Waals surface area contributed by atoms with Gasteiger partial charge in [0.1, 0.15) is 11.6 Å². The maximum atomic E-state index is 13.0. The minimum atomic E-state index is -0.686. The van der Waals surface area contributed by atoms with Crippen molar-refractivity contribution in [2.24, 2.45) is 0 Å². The highest BCUT2D eigenvalue weighted by atomic mass is 19.1. The smallest absolute Gasteiger partial charge is 0.123 e. The Morgan fingerprint density at radius 2 is 1.87 bits per heavy atom. The average Bonchev–Trinajstić information content (AvgIpc) is 2.91. The Labute approximate surface area is 135 Å². The molecule has 23 heavy (non-hydrogen) atoms. The molecule has 0 spiro atoms. The number of imidazole rings is 1. The summed E-state index contributed by atoms with van der Waals surface area (Å²) in [4.78, 5) is 4.70. The van der Waals surface area contributed by atoms with Crippen LogP contribution in [-0.2, 0) is 13.0 Å². The zero-order valence-electron chi connectivity index (χ0n) is 13.2. The summed E-state index contributed by atoms with van der Waals surface area (Å²) in [6, 6.07) is 14.0. The van der Waals surface area contributed by atoms with Crippen molar-refractivity contribution in [1.82, 2.24) is 9.55 Å². The third kappa shape index (κ3) is 3.42. The highest BCUT2D eigenvalue weighted by Crippen LogP contribution is 2.22. The number of aliphatic hydroxyl groups is 1. The van der Waals surface area contributed by atoms with Gasteiger partial charge in [-0.25, -0.2) is 9.37 Å². The Kier molecular flexibility index (Phi) is 4.72. The molecule has 0 unspecified atom stereocenters. The number of aromatic nitrogens is 2. The van der Waals surface area contributed by atoms with E-state index in [1.807, 2.05) is 24.3 Å². The summed E-state index contributed by atoms with van der Waals surface area (Å²) in [7, 11) is 0. The standard InChI is InChI=1S/C19H21FN2O/c1-2-3-8-19-21-16-6-4-5-7-17(16)22(19)13-18(23)14-9-11-15(20)12-10-14/h4-7,9-12,18,23H,2-3,8,13H2,1H3/t18-/m0/s1. The van der Waals surface area contributed by atoms with E-state index >= 15 is 0 Å². The van der Waals surface area contributed by atoms with E-state index in [0.717, 1.165) is 36.1 Å². The van der Waals surface area contributed by atoms with Crippen molar-refractivity contribution in [3.8, 4) is 0 Å². The Bertz CT molecular complexity index is 780. The van der Waals surface area contributed by atoms with Crippen LogP contribution in [0.3, 0.4) is 0 Å². The largest absolute Gasteiger partial charge is 0.387 e. The van der Waals surface area contributed by atoms with Crippen molar-refractivity contribution < 1.29 is 9.50 Å². The minimum absolute atomic E-state index is 0.294. The number of nitrogens with zero attached hydrogens (tertiary/aromatic N) is 2. The number of halogens is 1. The van der Waals surface area contributed by atoms with Gasteiger partial charge in [-0.2, -0.15) is 0 Å². The normalized spacial score (nSPS) is 12.7. The first kappa shape index (κ1) is 15.7. The van der Waals surface area contributed by atoms with Crippen molar-refractivity contribution in [1.29, 1.82) is 0 Å². The molecule has 4 heteroatoms. The molecule has 1 N–H and O–H groups in total. The first-order chi connectivity index (χ1) is 11.2. The lowest BCUT2D eigenvalue weighted by Crippen LogP contribution is -2.12. The second-order valence-electron chi connectivity index (χ2n) is 5.80. The number of hydrogen-bond donors (Lipinski definition) is 1. The molecular formula is C19H21FN2O. The summed E-state index contributed by atoms with van der Waals surface area (Å²) in [5.41, 5.74) is 2.69. The van der Waals surface area contributed by atoms with Crippen molar-refractivity contribution >= 4 is 11.0 Å². The molecule has 0 radical (unpaired) electrons. The van der Waals surface area contributed by atoms with E-state index in [-0.39, 0.29) is 5.82 Å². The van der Waals surface area contributed by atoms with Gasteiger partial charge in [-0.1, -0.05) is 37.6 Å². The van der Waals surface area contributed by atoms with Crippen LogP contribution in [0.15, 0.2) is 48.5 Å². The van der Waals surface area contributed by atoms with E-state index in [2.05, 4.69) is 11.5 Å². The average molecular weight is 312 g/mol. The number of fused-ring (bicyclic) bond motifs is 1. The molecule has 0 bridgehead atoms. The third-order valence-corrected chi connectivity index (χ3v) is 4.10. The fraction of sp³-hybridized carbons (Fsp3) is 0.316. The monoisotopic (exact) mass is 312 g/mol. The van der Waals surface area contributed by atoms with Crippen LogP contribution in [-0.4, -0.2) is 14.7 Å². The van der Waals surface area contributed by atoms with Gasteiger partial charge in [0.15, 0.2) is 0 Å². The molecule has 2 aromatic carbocycles. The Hall–Kier alpha value is -2.20. The number of rotatable bonds is 6. The number of benzene rings is 2. The van der Waals surface area contributed by atoms with Crippen LogP contribution in [0, 0.1) is 5.82 Å². The molecule has 0 saturated carbocycles. The number of aliphatic hydroxyl groups excluding tert-OH is 1. The van der Waals surface area contributed by atoms with Crippen LogP contribution in [0.2, 0.25) is 0 Å². The molecule has 1 heterocycles.